The van der Waals surface area contributed by atoms with Gasteiger partial charge in [0.15, 0.2) is 0 Å². The molecular formula is C10H5ClNO2-. The Bertz CT molecular complexity index is 513. The van der Waals surface area contributed by atoms with Gasteiger partial charge in [-0.2, -0.15) is 6.07 Å². The third-order valence-corrected chi connectivity index (χ3v) is 2.45. The van der Waals surface area contributed by atoms with Gasteiger partial charge in [0.25, 0.3) is 0 Å². The van der Waals surface area contributed by atoms with Crippen molar-refractivity contribution < 1.29 is 9.47 Å². The van der Waals surface area contributed by atoms with Gasteiger partial charge in [0.2, 0.25) is 6.79 Å². The second-order valence-corrected chi connectivity index (χ2v) is 3.27. The first kappa shape index (κ1) is 7.88. The zero-order chi connectivity index (χ0) is 9.54. The molecule has 1 aromatic carbocycles. The van der Waals surface area contributed by atoms with Crippen molar-refractivity contribution in [3.63, 3.8) is 0 Å². The number of hydrogen-bond donors (Lipinski definition) is 0. The van der Waals surface area contributed by atoms with Crippen LogP contribution in [0.5, 0.6) is 11.5 Å². The molecule has 1 aliphatic heterocycles. The zero-order valence-corrected chi connectivity index (χ0v) is 7.84. The summed E-state index contributed by atoms with van der Waals surface area (Å²) in [5.74, 6) is 1.34. The van der Waals surface area contributed by atoms with E-state index in [1.165, 1.54) is 0 Å². The molecule has 0 spiro atoms. The van der Waals surface area contributed by atoms with E-state index >= 15 is 0 Å². The number of hydrogen-bond acceptors (Lipinski definition) is 3. The smallest absolute Gasteiger partial charge is 0.215 e. The molecule has 4 heteroatoms. The van der Waals surface area contributed by atoms with Crippen molar-refractivity contribution in [1.29, 1.82) is 0 Å². The van der Waals surface area contributed by atoms with E-state index in [4.69, 9.17) is 21.1 Å². The van der Waals surface area contributed by atoms with Crippen LogP contribution in [0.3, 0.4) is 0 Å². The van der Waals surface area contributed by atoms with Gasteiger partial charge < -0.3 is 9.47 Å². The maximum Gasteiger partial charge on any atom is 0.215 e. The lowest BCUT2D eigenvalue weighted by Crippen LogP contribution is -1.93. The molecule has 1 aliphatic rings. The molecule has 14 heavy (non-hydrogen) atoms. The molecule has 2 heterocycles. The summed E-state index contributed by atoms with van der Waals surface area (Å²) in [5.41, 5.74) is 0. The summed E-state index contributed by atoms with van der Waals surface area (Å²) in [4.78, 5) is 3.98. The number of benzene rings is 1. The van der Waals surface area contributed by atoms with Gasteiger partial charge >= 0.3 is 0 Å². The molecule has 0 saturated heterocycles. The average Bonchev–Trinajstić information content (AvgIpc) is 2.66. The lowest BCUT2D eigenvalue weighted by molar-refractivity contribution is 0.174. The minimum Gasteiger partial charge on any atom is -0.515 e. The van der Waals surface area contributed by atoms with E-state index in [1.807, 2.05) is 6.07 Å². The van der Waals surface area contributed by atoms with Crippen molar-refractivity contribution in [2.75, 3.05) is 6.79 Å². The van der Waals surface area contributed by atoms with E-state index in [-0.39, 0.29) is 6.79 Å². The number of halogens is 1. The molecule has 0 saturated carbocycles. The van der Waals surface area contributed by atoms with Crippen LogP contribution in [0.2, 0.25) is 5.15 Å². The number of fused-ring (bicyclic) bond motifs is 3. The van der Waals surface area contributed by atoms with E-state index in [2.05, 4.69) is 11.1 Å². The normalized spacial score (nSPS) is 13.5. The lowest BCUT2D eigenvalue weighted by atomic mass is 10.1. The Morgan fingerprint density at radius 1 is 1.36 bits per heavy atom. The third-order valence-electron chi connectivity index (χ3n) is 2.15. The quantitative estimate of drug-likeness (QED) is 0.490. The molecule has 0 aliphatic carbocycles. The van der Waals surface area contributed by atoms with Gasteiger partial charge in [-0.15, -0.1) is 6.07 Å². The Kier molecular flexibility index (Phi) is 1.55. The first-order valence-electron chi connectivity index (χ1n) is 4.11. The van der Waals surface area contributed by atoms with Gasteiger partial charge in [0, 0.05) is 6.20 Å². The van der Waals surface area contributed by atoms with Gasteiger partial charge in [-0.1, -0.05) is 28.4 Å². The Balaban J connectivity index is 2.44. The van der Waals surface area contributed by atoms with Crippen LogP contribution in [0, 0.1) is 6.07 Å². The van der Waals surface area contributed by atoms with Crippen LogP contribution in [0.15, 0.2) is 18.3 Å². The predicted octanol–water partition coefficient (Wildman–Crippen LogP) is 2.42. The standard InChI is InChI=1S/C10H5ClNO2/c11-10-7-1-2-8-9(14-5-13-8)6(7)3-4-12-10/h1,3-4H,5H2/q-1. The maximum atomic E-state index is 5.93. The van der Waals surface area contributed by atoms with E-state index in [1.54, 1.807) is 12.3 Å². The minimum absolute atomic E-state index is 0.241. The topological polar surface area (TPSA) is 31.4 Å². The Hall–Kier alpha value is -1.48. The zero-order valence-electron chi connectivity index (χ0n) is 7.08. The molecule has 0 fully saturated rings. The van der Waals surface area contributed by atoms with Crippen molar-refractivity contribution in [2.45, 2.75) is 0 Å². The van der Waals surface area contributed by atoms with E-state index in [9.17, 15) is 0 Å². The van der Waals surface area contributed by atoms with Crippen molar-refractivity contribution >= 4 is 22.4 Å². The highest BCUT2D eigenvalue weighted by molar-refractivity contribution is 6.34. The fourth-order valence-electron chi connectivity index (χ4n) is 1.51. The van der Waals surface area contributed by atoms with Crippen molar-refractivity contribution in [1.82, 2.24) is 4.98 Å². The first-order valence-corrected chi connectivity index (χ1v) is 4.48. The summed E-state index contributed by atoms with van der Waals surface area (Å²) in [5, 5.41) is 2.20. The summed E-state index contributed by atoms with van der Waals surface area (Å²) in [7, 11) is 0. The molecule has 1 aromatic heterocycles. The van der Waals surface area contributed by atoms with Crippen LogP contribution in [0.4, 0.5) is 0 Å². The largest absolute Gasteiger partial charge is 0.515 e. The van der Waals surface area contributed by atoms with Crippen LogP contribution in [0.1, 0.15) is 0 Å². The average molecular weight is 207 g/mol. The van der Waals surface area contributed by atoms with Crippen LogP contribution < -0.4 is 9.47 Å². The van der Waals surface area contributed by atoms with Gasteiger partial charge in [-0.25, -0.2) is 0 Å². The second kappa shape index (κ2) is 2.75. The van der Waals surface area contributed by atoms with Gasteiger partial charge in [0.1, 0.15) is 0 Å². The summed E-state index contributed by atoms with van der Waals surface area (Å²) >= 11 is 5.93. The fraction of sp³-hybridized carbons (Fsp3) is 0.100. The molecular weight excluding hydrogens is 202 g/mol. The summed E-state index contributed by atoms with van der Waals surface area (Å²) in [6.45, 7) is 0.241. The first-order chi connectivity index (χ1) is 6.86. The minimum atomic E-state index is 0.241. The number of nitrogens with zero attached hydrogens (tertiary/aromatic N) is 1. The molecule has 3 nitrogen and oxygen atoms in total. The Morgan fingerprint density at radius 2 is 2.29 bits per heavy atom. The summed E-state index contributed by atoms with van der Waals surface area (Å²) in [6.07, 6.45) is 1.65. The monoisotopic (exact) mass is 206 g/mol. The van der Waals surface area contributed by atoms with Crippen molar-refractivity contribution in [3.8, 4) is 11.5 Å². The summed E-state index contributed by atoms with van der Waals surface area (Å²) < 4.78 is 10.5. The Labute approximate surface area is 85.2 Å². The number of pyridine rings is 1. The molecule has 0 radical (unpaired) electrons. The maximum absolute atomic E-state index is 5.93. The van der Waals surface area contributed by atoms with Crippen LogP contribution in [0.25, 0.3) is 10.8 Å². The highest BCUT2D eigenvalue weighted by Gasteiger charge is 2.08. The predicted molar refractivity (Wildman–Crippen MR) is 51.7 cm³/mol. The fourth-order valence-corrected chi connectivity index (χ4v) is 1.72. The molecule has 0 unspecified atom stereocenters. The second-order valence-electron chi connectivity index (χ2n) is 2.92. The molecule has 0 atom stereocenters. The van der Waals surface area contributed by atoms with Crippen molar-refractivity contribution in [3.05, 3.63) is 29.5 Å². The van der Waals surface area contributed by atoms with Gasteiger partial charge in [-0.05, 0) is 0 Å². The highest BCUT2D eigenvalue weighted by Crippen LogP contribution is 2.39. The van der Waals surface area contributed by atoms with Gasteiger partial charge in [0.05, 0.1) is 16.7 Å². The number of rotatable bonds is 0. The molecule has 2 aromatic rings. The lowest BCUT2D eigenvalue weighted by Gasteiger charge is -2.11. The van der Waals surface area contributed by atoms with E-state index < -0.39 is 0 Å². The summed E-state index contributed by atoms with van der Waals surface area (Å²) in [6, 6.07) is 6.57. The van der Waals surface area contributed by atoms with E-state index in [0.717, 1.165) is 10.8 Å². The SMILES string of the molecule is Clc1nccc2c3c([c-]cc12)OCO3. The van der Waals surface area contributed by atoms with Crippen LogP contribution in [-0.2, 0) is 0 Å². The number of ether oxygens (including phenoxy) is 2. The molecule has 0 amide bonds. The van der Waals surface area contributed by atoms with Crippen LogP contribution in [-0.4, -0.2) is 11.8 Å². The molecule has 3 rings (SSSR count). The van der Waals surface area contributed by atoms with Gasteiger partial charge in [-0.3, -0.25) is 4.98 Å². The Morgan fingerprint density at radius 3 is 3.21 bits per heavy atom. The molecule has 0 bridgehead atoms. The molecule has 70 valence electrons. The van der Waals surface area contributed by atoms with E-state index in [0.29, 0.717) is 16.7 Å². The number of aromatic nitrogens is 1. The van der Waals surface area contributed by atoms with Crippen LogP contribution >= 0.6 is 11.6 Å². The molecule has 0 N–H and O–H groups in total. The van der Waals surface area contributed by atoms with Crippen molar-refractivity contribution in [2.24, 2.45) is 0 Å². The third kappa shape index (κ3) is 0.960. The highest BCUT2D eigenvalue weighted by atomic mass is 35.5.